The Kier molecular flexibility index (Phi) is 4.55. The van der Waals surface area contributed by atoms with E-state index in [0.29, 0.717) is 11.1 Å². The lowest BCUT2D eigenvalue weighted by atomic mass is 10.1. The van der Waals surface area contributed by atoms with Gasteiger partial charge in [0, 0.05) is 30.4 Å². The van der Waals surface area contributed by atoms with Gasteiger partial charge in [0.2, 0.25) is 0 Å². The van der Waals surface area contributed by atoms with Gasteiger partial charge in [0.1, 0.15) is 5.82 Å². The van der Waals surface area contributed by atoms with Gasteiger partial charge in [0.15, 0.2) is 0 Å². The Bertz CT molecular complexity index is 658. The first-order valence-electron chi connectivity index (χ1n) is 6.59. The van der Waals surface area contributed by atoms with E-state index in [4.69, 9.17) is 5.84 Å². The maximum atomic E-state index is 13.6. The average Bonchev–Trinajstić information content (AvgIpc) is 2.48. The number of benzene rings is 2. The summed E-state index contributed by atoms with van der Waals surface area (Å²) in [5.41, 5.74) is 5.16. The molecule has 0 aliphatic carbocycles. The number of amides is 1. The normalized spacial score (nSPS) is 10.3. The van der Waals surface area contributed by atoms with Crippen LogP contribution in [0.25, 0.3) is 0 Å². The fraction of sp³-hybridized carbons (Fsp3) is 0.188. The van der Waals surface area contributed by atoms with Crippen LogP contribution in [-0.2, 0) is 6.54 Å². The molecule has 0 heterocycles. The summed E-state index contributed by atoms with van der Waals surface area (Å²) in [6, 6.07) is 11.7. The van der Waals surface area contributed by atoms with Crippen LogP contribution in [0.2, 0.25) is 0 Å². The molecule has 0 spiro atoms. The number of carbonyl (C=O) groups excluding carboxylic acids is 1. The van der Waals surface area contributed by atoms with E-state index in [1.54, 1.807) is 43.4 Å². The maximum Gasteiger partial charge on any atom is 0.254 e. The van der Waals surface area contributed by atoms with Crippen LogP contribution in [0, 0.1) is 12.7 Å². The van der Waals surface area contributed by atoms with E-state index in [2.05, 4.69) is 5.43 Å². The number of hydrogen-bond donors (Lipinski definition) is 2. The van der Waals surface area contributed by atoms with Crippen molar-refractivity contribution < 1.29 is 9.18 Å². The van der Waals surface area contributed by atoms with Gasteiger partial charge in [-0.15, -0.1) is 0 Å². The molecule has 110 valence electrons. The number of anilines is 1. The van der Waals surface area contributed by atoms with Gasteiger partial charge >= 0.3 is 0 Å². The molecule has 1 amide bonds. The predicted molar refractivity (Wildman–Crippen MR) is 81.2 cm³/mol. The first-order chi connectivity index (χ1) is 10.0. The van der Waals surface area contributed by atoms with Gasteiger partial charge < -0.3 is 10.3 Å². The van der Waals surface area contributed by atoms with Crippen molar-refractivity contribution in [3.05, 3.63) is 65.0 Å². The number of rotatable bonds is 4. The standard InChI is InChI=1S/C16H18FN3O/c1-11-9-13(19-18)7-8-14(11)16(21)20(2)10-12-5-3-4-6-15(12)17/h3-9,19H,10,18H2,1-2H3. The highest BCUT2D eigenvalue weighted by Gasteiger charge is 2.15. The molecule has 2 rings (SSSR count). The number of nitrogens with one attached hydrogen (secondary N) is 1. The summed E-state index contributed by atoms with van der Waals surface area (Å²) in [5.74, 6) is 4.87. The highest BCUT2D eigenvalue weighted by molar-refractivity contribution is 5.95. The van der Waals surface area contributed by atoms with Gasteiger partial charge in [-0.25, -0.2) is 4.39 Å². The van der Waals surface area contributed by atoms with Crippen LogP contribution in [0.5, 0.6) is 0 Å². The summed E-state index contributed by atoms with van der Waals surface area (Å²) in [6.07, 6.45) is 0. The number of hydrogen-bond acceptors (Lipinski definition) is 3. The summed E-state index contributed by atoms with van der Waals surface area (Å²) in [4.78, 5) is 13.9. The van der Waals surface area contributed by atoms with E-state index in [0.717, 1.165) is 11.3 Å². The van der Waals surface area contributed by atoms with Gasteiger partial charge in [-0.1, -0.05) is 18.2 Å². The summed E-state index contributed by atoms with van der Waals surface area (Å²) in [5, 5.41) is 0. The number of aryl methyl sites for hydroxylation is 1. The molecule has 5 heteroatoms. The Labute approximate surface area is 123 Å². The molecule has 21 heavy (non-hydrogen) atoms. The highest BCUT2D eigenvalue weighted by atomic mass is 19.1. The number of nitrogens with two attached hydrogens (primary N) is 1. The summed E-state index contributed by atoms with van der Waals surface area (Å²) in [7, 11) is 1.66. The minimum Gasteiger partial charge on any atom is -0.337 e. The van der Waals surface area contributed by atoms with Gasteiger partial charge in [-0.3, -0.25) is 10.6 Å². The number of nitrogens with zero attached hydrogens (tertiary/aromatic N) is 1. The number of nitrogen functional groups attached to an aromatic ring is 1. The third kappa shape index (κ3) is 3.38. The monoisotopic (exact) mass is 287 g/mol. The fourth-order valence-electron chi connectivity index (χ4n) is 2.15. The smallest absolute Gasteiger partial charge is 0.254 e. The van der Waals surface area contributed by atoms with Crippen molar-refractivity contribution in [3.8, 4) is 0 Å². The fourth-order valence-corrected chi connectivity index (χ4v) is 2.15. The van der Waals surface area contributed by atoms with Crippen LogP contribution >= 0.6 is 0 Å². The molecule has 0 atom stereocenters. The first kappa shape index (κ1) is 15.0. The number of hydrazine groups is 1. The van der Waals surface area contributed by atoms with Crippen LogP contribution in [0.1, 0.15) is 21.5 Å². The quantitative estimate of drug-likeness (QED) is 0.671. The van der Waals surface area contributed by atoms with Crippen LogP contribution < -0.4 is 11.3 Å². The topological polar surface area (TPSA) is 58.4 Å². The van der Waals surface area contributed by atoms with Crippen molar-refractivity contribution in [2.75, 3.05) is 12.5 Å². The molecular weight excluding hydrogens is 269 g/mol. The Morgan fingerprint density at radius 3 is 2.62 bits per heavy atom. The second kappa shape index (κ2) is 6.37. The third-order valence-electron chi connectivity index (χ3n) is 3.34. The van der Waals surface area contributed by atoms with E-state index >= 15 is 0 Å². The van der Waals surface area contributed by atoms with Crippen LogP contribution in [0.3, 0.4) is 0 Å². The van der Waals surface area contributed by atoms with E-state index in [9.17, 15) is 9.18 Å². The van der Waals surface area contributed by atoms with Crippen molar-refractivity contribution >= 4 is 11.6 Å². The number of carbonyl (C=O) groups is 1. The third-order valence-corrected chi connectivity index (χ3v) is 3.34. The first-order valence-corrected chi connectivity index (χ1v) is 6.59. The molecule has 0 aliphatic rings. The minimum absolute atomic E-state index is 0.153. The molecule has 2 aromatic rings. The average molecular weight is 287 g/mol. The van der Waals surface area contributed by atoms with Gasteiger partial charge in [0.05, 0.1) is 0 Å². The zero-order valence-corrected chi connectivity index (χ0v) is 12.1. The van der Waals surface area contributed by atoms with Crippen molar-refractivity contribution in [2.45, 2.75) is 13.5 Å². The van der Waals surface area contributed by atoms with E-state index in [1.807, 2.05) is 6.92 Å². The molecule has 2 aromatic carbocycles. The van der Waals surface area contributed by atoms with Crippen molar-refractivity contribution in [1.82, 2.24) is 4.90 Å². The second-order valence-electron chi connectivity index (χ2n) is 4.93. The molecular formula is C16H18FN3O. The molecule has 0 aliphatic heterocycles. The van der Waals surface area contributed by atoms with E-state index < -0.39 is 0 Å². The Hall–Kier alpha value is -2.40. The van der Waals surface area contributed by atoms with E-state index in [-0.39, 0.29) is 18.3 Å². The molecule has 0 fully saturated rings. The molecule has 0 unspecified atom stereocenters. The van der Waals surface area contributed by atoms with Gasteiger partial charge in [0.25, 0.3) is 5.91 Å². The largest absolute Gasteiger partial charge is 0.337 e. The summed E-state index contributed by atoms with van der Waals surface area (Å²) >= 11 is 0. The minimum atomic E-state index is -0.309. The summed E-state index contributed by atoms with van der Waals surface area (Å²) < 4.78 is 13.6. The Morgan fingerprint density at radius 2 is 2.00 bits per heavy atom. The zero-order chi connectivity index (χ0) is 15.4. The molecule has 3 N–H and O–H groups in total. The Balaban J connectivity index is 2.18. The lowest BCUT2D eigenvalue weighted by molar-refractivity contribution is 0.0783. The molecule has 0 aromatic heterocycles. The van der Waals surface area contributed by atoms with Crippen molar-refractivity contribution in [3.63, 3.8) is 0 Å². The molecule has 4 nitrogen and oxygen atoms in total. The predicted octanol–water partition coefficient (Wildman–Crippen LogP) is 2.69. The Morgan fingerprint density at radius 1 is 1.29 bits per heavy atom. The molecule has 0 bridgehead atoms. The van der Waals surface area contributed by atoms with Crippen molar-refractivity contribution in [1.29, 1.82) is 0 Å². The SMILES string of the molecule is Cc1cc(NN)ccc1C(=O)N(C)Cc1ccccc1F. The van der Waals surface area contributed by atoms with Crippen LogP contribution in [0.15, 0.2) is 42.5 Å². The van der Waals surface area contributed by atoms with Crippen molar-refractivity contribution in [2.24, 2.45) is 5.84 Å². The van der Waals surface area contributed by atoms with Crippen LogP contribution in [0.4, 0.5) is 10.1 Å². The second-order valence-corrected chi connectivity index (χ2v) is 4.93. The molecule has 0 radical (unpaired) electrons. The molecule has 0 saturated heterocycles. The van der Waals surface area contributed by atoms with Gasteiger partial charge in [-0.05, 0) is 36.8 Å². The zero-order valence-electron chi connectivity index (χ0n) is 12.1. The van der Waals surface area contributed by atoms with E-state index in [1.165, 1.54) is 11.0 Å². The number of halogens is 1. The highest BCUT2D eigenvalue weighted by Crippen LogP contribution is 2.17. The van der Waals surface area contributed by atoms with Gasteiger partial charge in [-0.2, -0.15) is 0 Å². The summed E-state index contributed by atoms with van der Waals surface area (Å²) in [6.45, 7) is 2.06. The maximum absolute atomic E-state index is 13.6. The lowest BCUT2D eigenvalue weighted by Crippen LogP contribution is -2.27. The lowest BCUT2D eigenvalue weighted by Gasteiger charge is -2.19. The molecule has 0 saturated carbocycles. The van der Waals surface area contributed by atoms with Crippen LogP contribution in [-0.4, -0.2) is 17.9 Å².